The zero-order valence-corrected chi connectivity index (χ0v) is 10.6. The van der Waals surface area contributed by atoms with Gasteiger partial charge in [0.15, 0.2) is 0 Å². The number of hydrogen-bond donors (Lipinski definition) is 1. The second-order valence-electron chi connectivity index (χ2n) is 3.75. The van der Waals surface area contributed by atoms with E-state index in [1.165, 1.54) is 24.2 Å². The van der Waals surface area contributed by atoms with Crippen molar-refractivity contribution in [2.24, 2.45) is 0 Å². The summed E-state index contributed by atoms with van der Waals surface area (Å²) >= 11 is 6.00. The molecule has 0 radical (unpaired) electrons. The van der Waals surface area contributed by atoms with Crippen LogP contribution in [0.2, 0.25) is 5.02 Å². The van der Waals surface area contributed by atoms with E-state index in [0.717, 1.165) is 5.56 Å². The molecule has 0 saturated heterocycles. The molecule has 5 nitrogen and oxygen atoms in total. The van der Waals surface area contributed by atoms with Gasteiger partial charge in [-0.2, -0.15) is 5.10 Å². The first-order valence-electron chi connectivity index (χ1n) is 5.15. The van der Waals surface area contributed by atoms with Crippen LogP contribution in [0.15, 0.2) is 24.5 Å². The quantitative estimate of drug-likeness (QED) is 0.927. The van der Waals surface area contributed by atoms with Gasteiger partial charge >= 0.3 is 5.97 Å². The lowest BCUT2D eigenvalue weighted by molar-refractivity contribution is 0.0697. The molecule has 6 heteroatoms. The summed E-state index contributed by atoms with van der Waals surface area (Å²) in [7, 11) is 1.52. The largest absolute Gasteiger partial charge is 0.494 e. The van der Waals surface area contributed by atoms with Crippen molar-refractivity contribution in [1.29, 1.82) is 0 Å². The molecule has 1 aromatic carbocycles. The summed E-state index contributed by atoms with van der Waals surface area (Å²) in [5.41, 5.74) is 1.62. The van der Waals surface area contributed by atoms with Crippen LogP contribution in [0, 0.1) is 6.92 Å². The molecule has 0 saturated carbocycles. The fraction of sp³-hybridized carbons (Fsp3) is 0.167. The Morgan fingerprint density at radius 3 is 2.78 bits per heavy atom. The Morgan fingerprint density at radius 1 is 1.50 bits per heavy atom. The first kappa shape index (κ1) is 12.4. The maximum Gasteiger partial charge on any atom is 0.338 e. The van der Waals surface area contributed by atoms with Crippen molar-refractivity contribution >= 4 is 17.6 Å². The molecule has 2 rings (SSSR count). The van der Waals surface area contributed by atoms with Crippen molar-refractivity contribution in [3.8, 4) is 11.4 Å². The number of aromatic nitrogens is 2. The molecule has 1 aromatic heterocycles. The Balaban J connectivity index is 2.55. The van der Waals surface area contributed by atoms with Crippen LogP contribution in [0.4, 0.5) is 0 Å². The normalized spacial score (nSPS) is 10.4. The standard InChI is InChI=1S/C12H11ClN2O3/c1-7-3-10(11(18-2)4-9(7)13)15-6-8(5-14-15)12(16)17/h3-6H,1-2H3,(H,16,17). The zero-order valence-electron chi connectivity index (χ0n) is 9.85. The SMILES string of the molecule is COc1cc(Cl)c(C)cc1-n1cc(C(=O)O)cn1. The number of ether oxygens (including phenoxy) is 1. The Bertz CT molecular complexity index is 607. The Labute approximate surface area is 109 Å². The third-order valence-corrected chi connectivity index (χ3v) is 2.94. The number of carboxylic acids is 1. The number of methoxy groups -OCH3 is 1. The van der Waals surface area contributed by atoms with Crippen LogP contribution in [-0.2, 0) is 0 Å². The van der Waals surface area contributed by atoms with Gasteiger partial charge in [-0.05, 0) is 18.6 Å². The molecule has 0 bridgehead atoms. The number of aryl methyl sites for hydroxylation is 1. The molecular formula is C12H11ClN2O3. The molecule has 1 heterocycles. The summed E-state index contributed by atoms with van der Waals surface area (Å²) in [5, 5.41) is 13.4. The highest BCUT2D eigenvalue weighted by atomic mass is 35.5. The van der Waals surface area contributed by atoms with Gasteiger partial charge in [-0.15, -0.1) is 0 Å². The molecule has 18 heavy (non-hydrogen) atoms. The van der Waals surface area contributed by atoms with Crippen LogP contribution in [0.1, 0.15) is 15.9 Å². The minimum atomic E-state index is -1.02. The first-order valence-corrected chi connectivity index (χ1v) is 5.53. The van der Waals surface area contributed by atoms with Crippen molar-refractivity contribution in [3.05, 3.63) is 40.7 Å². The van der Waals surface area contributed by atoms with E-state index in [4.69, 9.17) is 21.4 Å². The summed E-state index contributed by atoms with van der Waals surface area (Å²) in [5.74, 6) is -0.489. The Hall–Kier alpha value is -2.01. The van der Waals surface area contributed by atoms with Crippen LogP contribution in [-0.4, -0.2) is 28.0 Å². The maximum atomic E-state index is 10.8. The molecular weight excluding hydrogens is 256 g/mol. The van der Waals surface area contributed by atoms with E-state index < -0.39 is 5.97 Å². The van der Waals surface area contributed by atoms with Crippen molar-refractivity contribution in [1.82, 2.24) is 9.78 Å². The molecule has 0 amide bonds. The van der Waals surface area contributed by atoms with Gasteiger partial charge in [0.2, 0.25) is 0 Å². The smallest absolute Gasteiger partial charge is 0.338 e. The molecule has 0 aliphatic rings. The molecule has 2 aromatic rings. The summed E-state index contributed by atoms with van der Waals surface area (Å²) in [4.78, 5) is 10.8. The van der Waals surface area contributed by atoms with Gasteiger partial charge in [0.25, 0.3) is 0 Å². The summed E-state index contributed by atoms with van der Waals surface area (Å²) in [6.45, 7) is 1.85. The Kier molecular flexibility index (Phi) is 3.25. The van der Waals surface area contributed by atoms with Crippen LogP contribution >= 0.6 is 11.6 Å². The fourth-order valence-corrected chi connectivity index (χ4v) is 1.71. The van der Waals surface area contributed by atoms with E-state index in [-0.39, 0.29) is 5.56 Å². The number of halogens is 1. The molecule has 1 N–H and O–H groups in total. The molecule has 0 aliphatic carbocycles. The Morgan fingerprint density at radius 2 is 2.22 bits per heavy atom. The minimum Gasteiger partial charge on any atom is -0.494 e. The van der Waals surface area contributed by atoms with Crippen molar-refractivity contribution in [2.75, 3.05) is 7.11 Å². The fourth-order valence-electron chi connectivity index (χ4n) is 1.56. The number of benzene rings is 1. The van der Waals surface area contributed by atoms with E-state index >= 15 is 0 Å². The monoisotopic (exact) mass is 266 g/mol. The topological polar surface area (TPSA) is 64.3 Å². The molecule has 94 valence electrons. The van der Waals surface area contributed by atoms with Crippen molar-refractivity contribution in [3.63, 3.8) is 0 Å². The lowest BCUT2D eigenvalue weighted by Crippen LogP contribution is -2.00. The molecule has 0 atom stereocenters. The van der Waals surface area contributed by atoms with Crippen LogP contribution in [0.5, 0.6) is 5.75 Å². The lowest BCUT2D eigenvalue weighted by atomic mass is 10.2. The highest BCUT2D eigenvalue weighted by Crippen LogP contribution is 2.29. The lowest BCUT2D eigenvalue weighted by Gasteiger charge is -2.10. The highest BCUT2D eigenvalue weighted by Gasteiger charge is 2.12. The second kappa shape index (κ2) is 4.70. The van der Waals surface area contributed by atoms with Gasteiger partial charge in [-0.3, -0.25) is 0 Å². The second-order valence-corrected chi connectivity index (χ2v) is 4.16. The van der Waals surface area contributed by atoms with E-state index in [1.54, 1.807) is 12.1 Å². The number of aromatic carboxylic acids is 1. The summed E-state index contributed by atoms with van der Waals surface area (Å²) in [6, 6.07) is 3.47. The van der Waals surface area contributed by atoms with E-state index in [2.05, 4.69) is 5.10 Å². The van der Waals surface area contributed by atoms with Crippen LogP contribution in [0.3, 0.4) is 0 Å². The van der Waals surface area contributed by atoms with Gasteiger partial charge in [-0.25, -0.2) is 9.48 Å². The molecule has 0 aliphatic heterocycles. The van der Waals surface area contributed by atoms with Gasteiger partial charge in [0, 0.05) is 17.3 Å². The number of rotatable bonds is 3. The van der Waals surface area contributed by atoms with Gasteiger partial charge < -0.3 is 9.84 Å². The number of nitrogens with zero attached hydrogens (tertiary/aromatic N) is 2. The molecule has 0 fully saturated rings. The van der Waals surface area contributed by atoms with Gasteiger partial charge in [0.05, 0.1) is 18.9 Å². The number of carbonyl (C=O) groups is 1. The number of hydrogen-bond acceptors (Lipinski definition) is 3. The average Bonchev–Trinajstić information content (AvgIpc) is 2.81. The predicted octanol–water partition coefficient (Wildman–Crippen LogP) is 2.54. The zero-order chi connectivity index (χ0) is 13.3. The van der Waals surface area contributed by atoms with E-state index in [1.807, 2.05) is 6.92 Å². The van der Waals surface area contributed by atoms with Crippen molar-refractivity contribution < 1.29 is 14.6 Å². The summed E-state index contributed by atoms with van der Waals surface area (Å²) < 4.78 is 6.66. The summed E-state index contributed by atoms with van der Waals surface area (Å²) in [6.07, 6.45) is 2.71. The minimum absolute atomic E-state index is 0.115. The average molecular weight is 267 g/mol. The van der Waals surface area contributed by atoms with Gasteiger partial charge in [-0.1, -0.05) is 11.6 Å². The first-order chi connectivity index (χ1) is 8.52. The highest BCUT2D eigenvalue weighted by molar-refractivity contribution is 6.31. The van der Waals surface area contributed by atoms with Crippen molar-refractivity contribution in [2.45, 2.75) is 6.92 Å². The third-order valence-electron chi connectivity index (χ3n) is 2.54. The van der Waals surface area contributed by atoms with E-state index in [9.17, 15) is 4.79 Å². The predicted molar refractivity (Wildman–Crippen MR) is 66.8 cm³/mol. The van der Waals surface area contributed by atoms with E-state index in [0.29, 0.717) is 16.5 Å². The number of carboxylic acid groups (broad SMARTS) is 1. The van der Waals surface area contributed by atoms with Crippen LogP contribution < -0.4 is 4.74 Å². The molecule has 0 spiro atoms. The third kappa shape index (κ3) is 2.17. The maximum absolute atomic E-state index is 10.8. The van der Waals surface area contributed by atoms with Gasteiger partial charge in [0.1, 0.15) is 11.4 Å². The molecule has 0 unspecified atom stereocenters. The van der Waals surface area contributed by atoms with Crippen LogP contribution in [0.25, 0.3) is 5.69 Å².